The molecule has 0 atom stereocenters. The van der Waals surface area contributed by atoms with Crippen molar-refractivity contribution >= 4 is 65.4 Å². The summed E-state index contributed by atoms with van der Waals surface area (Å²) in [5.41, 5.74) is 9.60. The van der Waals surface area contributed by atoms with Gasteiger partial charge in [0.25, 0.3) is 0 Å². The summed E-state index contributed by atoms with van der Waals surface area (Å²) in [7, 11) is -2.79. The van der Waals surface area contributed by atoms with Gasteiger partial charge in [0.1, 0.15) is 0 Å². The summed E-state index contributed by atoms with van der Waals surface area (Å²) in [6, 6.07) is 53.9. The molecule has 0 unspecified atom stereocenters. The zero-order chi connectivity index (χ0) is 32.1. The molecule has 0 saturated heterocycles. The Hall–Kier alpha value is -4.65. The van der Waals surface area contributed by atoms with Gasteiger partial charge in [-0.25, -0.2) is 0 Å². The first-order valence-corrected chi connectivity index (χ1v) is 23.3. The molecular weight excluding hydrogens is 589 g/mol. The number of aromatic nitrogens is 1. The van der Waals surface area contributed by atoms with Crippen molar-refractivity contribution in [3.8, 4) is 16.8 Å². The Morgan fingerprint density at radius 3 is 1.41 bits per heavy atom. The highest BCUT2D eigenvalue weighted by Gasteiger charge is 2.20. The molecule has 0 spiro atoms. The van der Waals surface area contributed by atoms with Crippen LogP contribution in [0.25, 0.3) is 38.6 Å². The zero-order valence-electron chi connectivity index (χ0n) is 27.8. The summed E-state index contributed by atoms with van der Waals surface area (Å²) in [6.07, 6.45) is 0. The number of anilines is 3. The van der Waals surface area contributed by atoms with Crippen molar-refractivity contribution < 1.29 is 0 Å². The molecule has 46 heavy (non-hydrogen) atoms. The number of para-hydroxylation sites is 2. The SMILES string of the molecule is C[Si](C)(C)c1ccc(N(c2ccc(-c3ccc4c(c3)c3ccccc3n4-c3ccccc3)cc2)c2ccc([Si](C)(C)C)cc2)cc1. The summed E-state index contributed by atoms with van der Waals surface area (Å²) in [5, 5.41) is 5.50. The molecule has 7 rings (SSSR count). The second-order valence-electron chi connectivity index (χ2n) is 14.4. The van der Waals surface area contributed by atoms with Crippen LogP contribution in [-0.2, 0) is 0 Å². The van der Waals surface area contributed by atoms with Gasteiger partial charge < -0.3 is 9.47 Å². The Bertz CT molecular complexity index is 2070. The van der Waals surface area contributed by atoms with E-state index < -0.39 is 16.1 Å². The molecule has 4 heteroatoms. The average Bonchev–Trinajstić information content (AvgIpc) is 3.39. The maximum atomic E-state index is 2.41. The van der Waals surface area contributed by atoms with Crippen LogP contribution in [-0.4, -0.2) is 20.7 Å². The van der Waals surface area contributed by atoms with E-state index in [-0.39, 0.29) is 0 Å². The molecule has 0 aliphatic heterocycles. The summed E-state index contributed by atoms with van der Waals surface area (Å²) < 4.78 is 2.37. The number of hydrogen-bond donors (Lipinski definition) is 0. The normalized spacial score (nSPS) is 12.1. The van der Waals surface area contributed by atoms with E-state index in [1.165, 1.54) is 60.4 Å². The van der Waals surface area contributed by atoms with E-state index in [0.29, 0.717) is 0 Å². The minimum atomic E-state index is -1.39. The fourth-order valence-electron chi connectivity index (χ4n) is 6.48. The van der Waals surface area contributed by atoms with Crippen molar-refractivity contribution in [1.29, 1.82) is 0 Å². The third-order valence-electron chi connectivity index (χ3n) is 9.13. The van der Waals surface area contributed by atoms with Gasteiger partial charge in [-0.15, -0.1) is 0 Å². The lowest BCUT2D eigenvalue weighted by Gasteiger charge is -2.27. The van der Waals surface area contributed by atoms with Crippen LogP contribution >= 0.6 is 0 Å². The number of rotatable bonds is 7. The molecule has 0 fully saturated rings. The van der Waals surface area contributed by atoms with Crippen LogP contribution in [0, 0.1) is 0 Å². The van der Waals surface area contributed by atoms with Crippen molar-refractivity contribution in [3.05, 3.63) is 146 Å². The van der Waals surface area contributed by atoms with Crippen LogP contribution < -0.4 is 15.3 Å². The van der Waals surface area contributed by atoms with Crippen molar-refractivity contribution in [2.45, 2.75) is 39.3 Å². The Labute approximate surface area is 275 Å². The van der Waals surface area contributed by atoms with Gasteiger partial charge in [0.05, 0.1) is 27.2 Å². The highest BCUT2D eigenvalue weighted by molar-refractivity contribution is 6.89. The maximum Gasteiger partial charge on any atom is 0.0775 e. The van der Waals surface area contributed by atoms with Gasteiger partial charge in [-0.3, -0.25) is 0 Å². The van der Waals surface area contributed by atoms with Gasteiger partial charge in [-0.05, 0) is 77.9 Å². The predicted octanol–water partition coefficient (Wildman–Crippen LogP) is 11.0. The standard InChI is InChI=1S/C42H42N2Si2/c1-45(2,3)37-25-21-35(22-26-37)43(36-23-27-38(28-24-36)46(4,5)6)34-19-16-31(17-20-34)32-18-29-42-40(30-32)39-14-10-11-15-41(39)44(42)33-12-8-7-9-13-33/h7-30H,1-6H3. The van der Waals surface area contributed by atoms with Crippen LogP contribution in [0.2, 0.25) is 39.3 Å². The lowest BCUT2D eigenvalue weighted by atomic mass is 10.0. The first kappa shape index (κ1) is 30.0. The Kier molecular flexibility index (Phi) is 7.58. The summed E-state index contributed by atoms with van der Waals surface area (Å²) in [5.74, 6) is 0. The highest BCUT2D eigenvalue weighted by atomic mass is 28.3. The lowest BCUT2D eigenvalue weighted by Crippen LogP contribution is -2.37. The molecule has 0 amide bonds. The van der Waals surface area contributed by atoms with Gasteiger partial charge in [-0.2, -0.15) is 0 Å². The summed E-state index contributed by atoms with van der Waals surface area (Å²) in [4.78, 5) is 2.39. The van der Waals surface area contributed by atoms with Crippen LogP contribution in [0.5, 0.6) is 0 Å². The molecule has 1 aromatic heterocycles. The second-order valence-corrected chi connectivity index (χ2v) is 24.6. The topological polar surface area (TPSA) is 8.17 Å². The quantitative estimate of drug-likeness (QED) is 0.159. The Morgan fingerprint density at radius 1 is 0.413 bits per heavy atom. The molecule has 228 valence electrons. The minimum Gasteiger partial charge on any atom is -0.311 e. The summed E-state index contributed by atoms with van der Waals surface area (Å²) in [6.45, 7) is 14.4. The van der Waals surface area contributed by atoms with E-state index in [1.54, 1.807) is 0 Å². The molecule has 0 N–H and O–H groups in total. The lowest BCUT2D eigenvalue weighted by molar-refractivity contribution is 1.18. The number of nitrogens with zero attached hydrogens (tertiary/aromatic N) is 2. The smallest absolute Gasteiger partial charge is 0.0775 e. The molecule has 0 bridgehead atoms. The van der Waals surface area contributed by atoms with Gasteiger partial charge in [0.15, 0.2) is 0 Å². The van der Waals surface area contributed by atoms with Crippen LogP contribution in [0.1, 0.15) is 0 Å². The number of fused-ring (bicyclic) bond motifs is 3. The largest absolute Gasteiger partial charge is 0.311 e. The molecule has 0 radical (unpaired) electrons. The molecule has 0 aliphatic carbocycles. The molecule has 7 aromatic rings. The zero-order valence-corrected chi connectivity index (χ0v) is 29.8. The van der Waals surface area contributed by atoms with E-state index in [4.69, 9.17) is 0 Å². The number of hydrogen-bond acceptors (Lipinski definition) is 1. The van der Waals surface area contributed by atoms with Crippen molar-refractivity contribution in [3.63, 3.8) is 0 Å². The molecule has 0 aliphatic rings. The van der Waals surface area contributed by atoms with Crippen LogP contribution in [0.4, 0.5) is 17.1 Å². The molecule has 2 nitrogen and oxygen atoms in total. The van der Waals surface area contributed by atoms with Crippen LogP contribution in [0.3, 0.4) is 0 Å². The predicted molar refractivity (Wildman–Crippen MR) is 207 cm³/mol. The first-order valence-electron chi connectivity index (χ1n) is 16.3. The third-order valence-corrected chi connectivity index (χ3v) is 13.3. The van der Waals surface area contributed by atoms with Crippen LogP contribution in [0.15, 0.2) is 146 Å². The highest BCUT2D eigenvalue weighted by Crippen LogP contribution is 2.38. The van der Waals surface area contributed by atoms with Gasteiger partial charge in [-0.1, -0.05) is 129 Å². The maximum absolute atomic E-state index is 2.41. The van der Waals surface area contributed by atoms with Gasteiger partial charge in [0.2, 0.25) is 0 Å². The van der Waals surface area contributed by atoms with E-state index in [1.807, 2.05) is 0 Å². The van der Waals surface area contributed by atoms with E-state index >= 15 is 0 Å². The molecular formula is C42H42N2Si2. The van der Waals surface area contributed by atoms with Gasteiger partial charge in [0, 0.05) is 33.5 Å². The summed E-state index contributed by atoms with van der Waals surface area (Å²) >= 11 is 0. The fraction of sp³-hybridized carbons (Fsp3) is 0.143. The van der Waals surface area contributed by atoms with Crippen molar-refractivity contribution in [2.75, 3.05) is 4.90 Å². The van der Waals surface area contributed by atoms with E-state index in [2.05, 4.69) is 194 Å². The average molecular weight is 631 g/mol. The van der Waals surface area contributed by atoms with E-state index in [9.17, 15) is 0 Å². The van der Waals surface area contributed by atoms with E-state index in [0.717, 1.165) is 5.69 Å². The number of benzene rings is 6. The monoisotopic (exact) mass is 630 g/mol. The molecule has 6 aromatic carbocycles. The minimum absolute atomic E-state index is 1.16. The van der Waals surface area contributed by atoms with Crippen molar-refractivity contribution in [2.24, 2.45) is 0 Å². The molecule has 1 heterocycles. The Balaban J connectivity index is 1.29. The third kappa shape index (κ3) is 5.64. The van der Waals surface area contributed by atoms with Crippen molar-refractivity contribution in [1.82, 2.24) is 4.57 Å². The molecule has 0 saturated carbocycles. The Morgan fingerprint density at radius 2 is 0.870 bits per heavy atom. The fourth-order valence-corrected chi connectivity index (χ4v) is 8.81. The second kappa shape index (κ2) is 11.6. The van der Waals surface area contributed by atoms with Gasteiger partial charge >= 0.3 is 0 Å². The first-order chi connectivity index (χ1) is 22.1.